The van der Waals surface area contributed by atoms with Gasteiger partial charge >= 0.3 is 0 Å². The van der Waals surface area contributed by atoms with E-state index >= 15 is 0 Å². The molecule has 4 rings (SSSR count). The minimum Gasteiger partial charge on any atom is -0.349 e. The van der Waals surface area contributed by atoms with Crippen molar-refractivity contribution in [3.63, 3.8) is 0 Å². The maximum absolute atomic E-state index is 13.4. The van der Waals surface area contributed by atoms with Gasteiger partial charge in [-0.1, -0.05) is 31.4 Å². The van der Waals surface area contributed by atoms with E-state index in [1.807, 2.05) is 0 Å². The molecule has 29 heavy (non-hydrogen) atoms. The summed E-state index contributed by atoms with van der Waals surface area (Å²) in [4.78, 5) is 32.3. The highest BCUT2D eigenvalue weighted by Gasteiger charge is 2.24. The number of aromatic nitrogens is 2. The highest BCUT2D eigenvalue weighted by atomic mass is 19.1. The molecule has 2 aromatic rings. The van der Waals surface area contributed by atoms with E-state index in [0.717, 1.165) is 43.5 Å². The predicted octanol–water partition coefficient (Wildman–Crippen LogP) is 4.16. The Morgan fingerprint density at radius 2 is 1.86 bits per heavy atom. The van der Waals surface area contributed by atoms with E-state index in [4.69, 9.17) is 0 Å². The summed E-state index contributed by atoms with van der Waals surface area (Å²) in [6.07, 6.45) is 8.79. The van der Waals surface area contributed by atoms with E-state index in [-0.39, 0.29) is 23.3 Å². The number of aromatic amines is 1. The van der Waals surface area contributed by atoms with Crippen LogP contribution in [-0.2, 0) is 11.2 Å². The summed E-state index contributed by atoms with van der Waals surface area (Å²) >= 11 is 0. The monoisotopic (exact) mass is 397 g/mol. The second-order valence-corrected chi connectivity index (χ2v) is 8.48. The Morgan fingerprint density at radius 1 is 1.14 bits per heavy atom. The zero-order valence-corrected chi connectivity index (χ0v) is 16.6. The van der Waals surface area contributed by atoms with Crippen LogP contribution in [-0.4, -0.2) is 15.9 Å². The van der Waals surface area contributed by atoms with Crippen molar-refractivity contribution in [1.29, 1.82) is 0 Å². The van der Waals surface area contributed by atoms with Crippen LogP contribution in [0.5, 0.6) is 0 Å². The first kappa shape index (κ1) is 19.8. The highest BCUT2D eigenvalue weighted by molar-refractivity contribution is 5.76. The fourth-order valence-electron chi connectivity index (χ4n) is 4.39. The van der Waals surface area contributed by atoms with Gasteiger partial charge in [0.25, 0.3) is 5.56 Å². The number of carbonyl (C=O) groups excluding carboxylic acids is 1. The second kappa shape index (κ2) is 8.89. The van der Waals surface area contributed by atoms with Crippen molar-refractivity contribution in [2.45, 2.75) is 69.7 Å². The largest absolute Gasteiger partial charge is 0.349 e. The smallest absolute Gasteiger partial charge is 0.251 e. The first-order valence-corrected chi connectivity index (χ1v) is 10.7. The minimum absolute atomic E-state index is 0.00952. The van der Waals surface area contributed by atoms with E-state index in [9.17, 15) is 14.0 Å². The Morgan fingerprint density at radius 3 is 2.52 bits per heavy atom. The molecule has 0 aliphatic heterocycles. The maximum atomic E-state index is 13.4. The third-order valence-electron chi connectivity index (χ3n) is 6.27. The van der Waals surface area contributed by atoms with Crippen molar-refractivity contribution in [3.8, 4) is 0 Å². The molecular formula is C23H28FN3O2. The van der Waals surface area contributed by atoms with Crippen molar-refractivity contribution < 1.29 is 9.18 Å². The van der Waals surface area contributed by atoms with Gasteiger partial charge in [0.05, 0.1) is 11.7 Å². The summed E-state index contributed by atoms with van der Waals surface area (Å²) in [5.41, 5.74) is 1.32. The fourth-order valence-corrected chi connectivity index (χ4v) is 4.39. The van der Waals surface area contributed by atoms with Crippen LogP contribution in [0.3, 0.4) is 0 Å². The van der Waals surface area contributed by atoms with Crippen LogP contribution in [0, 0.1) is 11.7 Å². The van der Waals surface area contributed by atoms with Crippen molar-refractivity contribution in [2.24, 2.45) is 5.92 Å². The molecular weight excluding hydrogens is 369 g/mol. The third kappa shape index (κ3) is 5.11. The van der Waals surface area contributed by atoms with E-state index in [1.54, 1.807) is 12.1 Å². The molecule has 6 heteroatoms. The average molecular weight is 397 g/mol. The van der Waals surface area contributed by atoms with Gasteiger partial charge in [0.15, 0.2) is 0 Å². The average Bonchev–Trinajstić information content (AvgIpc) is 3.13. The lowest BCUT2D eigenvalue weighted by molar-refractivity contribution is -0.122. The second-order valence-electron chi connectivity index (χ2n) is 8.48. The molecule has 5 nitrogen and oxygen atoms in total. The predicted molar refractivity (Wildman–Crippen MR) is 109 cm³/mol. The van der Waals surface area contributed by atoms with Gasteiger partial charge in [-0.2, -0.15) is 0 Å². The molecule has 1 aromatic heterocycles. The molecule has 1 unspecified atom stereocenters. The molecule has 2 aliphatic rings. The van der Waals surface area contributed by atoms with Gasteiger partial charge in [-0.3, -0.25) is 9.59 Å². The van der Waals surface area contributed by atoms with E-state index in [0.29, 0.717) is 30.4 Å². The Labute approximate surface area is 170 Å². The van der Waals surface area contributed by atoms with Crippen LogP contribution in [0.15, 0.2) is 35.1 Å². The van der Waals surface area contributed by atoms with Crippen molar-refractivity contribution in [3.05, 3.63) is 63.6 Å². The van der Waals surface area contributed by atoms with Crippen molar-refractivity contribution in [1.82, 2.24) is 15.3 Å². The fraction of sp³-hybridized carbons (Fsp3) is 0.522. The number of hydrogen-bond acceptors (Lipinski definition) is 3. The van der Waals surface area contributed by atoms with Crippen molar-refractivity contribution in [2.75, 3.05) is 0 Å². The normalized spacial score (nSPS) is 18.4. The molecule has 1 aromatic carbocycles. The van der Waals surface area contributed by atoms with Gasteiger partial charge in [0.1, 0.15) is 11.6 Å². The summed E-state index contributed by atoms with van der Waals surface area (Å²) < 4.78 is 13.4. The van der Waals surface area contributed by atoms with Gasteiger partial charge < -0.3 is 10.3 Å². The molecule has 0 radical (unpaired) electrons. The maximum Gasteiger partial charge on any atom is 0.251 e. The number of nitrogens with one attached hydrogen (secondary N) is 2. The molecule has 0 saturated heterocycles. The molecule has 0 spiro atoms. The van der Waals surface area contributed by atoms with E-state index < -0.39 is 0 Å². The number of hydrogen-bond donors (Lipinski definition) is 2. The SMILES string of the molecule is O=C(CC1CCCC1)NC(Cc1cc(=O)[nH]c(C2CCC2)n1)c1ccc(F)cc1. The van der Waals surface area contributed by atoms with Gasteiger partial charge in [0.2, 0.25) is 5.91 Å². The first-order chi connectivity index (χ1) is 14.1. The molecule has 2 N–H and O–H groups in total. The Bertz CT molecular complexity index is 899. The lowest BCUT2D eigenvalue weighted by atomic mass is 9.85. The van der Waals surface area contributed by atoms with Crippen molar-refractivity contribution >= 4 is 5.91 Å². The van der Waals surface area contributed by atoms with Gasteiger partial charge in [-0.15, -0.1) is 0 Å². The number of carbonyl (C=O) groups is 1. The molecule has 1 heterocycles. The standard InChI is InChI=1S/C23H28FN3O2/c24-18-10-8-16(9-11-18)20(26-21(28)12-15-4-1-2-5-15)13-19-14-22(29)27-23(25-19)17-6-3-7-17/h8-11,14-15,17,20H,1-7,12-13H2,(H,26,28)(H,25,27,29). The Hall–Kier alpha value is -2.50. The number of nitrogens with zero attached hydrogens (tertiary/aromatic N) is 1. The summed E-state index contributed by atoms with van der Waals surface area (Å²) in [6.45, 7) is 0. The van der Waals surface area contributed by atoms with E-state index in [2.05, 4.69) is 15.3 Å². The summed E-state index contributed by atoms with van der Waals surface area (Å²) in [7, 11) is 0. The minimum atomic E-state index is -0.340. The first-order valence-electron chi connectivity index (χ1n) is 10.7. The number of rotatable bonds is 7. The highest BCUT2D eigenvalue weighted by Crippen LogP contribution is 2.34. The van der Waals surface area contributed by atoms with Gasteiger partial charge in [0, 0.05) is 24.8 Å². The van der Waals surface area contributed by atoms with Crippen LogP contribution in [0.2, 0.25) is 0 Å². The lowest BCUT2D eigenvalue weighted by Gasteiger charge is -2.25. The molecule has 1 amide bonds. The van der Waals surface area contributed by atoms with Gasteiger partial charge in [-0.25, -0.2) is 9.37 Å². The molecule has 2 fully saturated rings. The van der Waals surface area contributed by atoms with Crippen LogP contribution < -0.4 is 10.9 Å². The molecule has 2 aliphatic carbocycles. The lowest BCUT2D eigenvalue weighted by Crippen LogP contribution is -2.32. The number of halogens is 1. The topological polar surface area (TPSA) is 74.8 Å². The summed E-state index contributed by atoms with van der Waals surface area (Å²) in [5.74, 6) is 1.21. The molecule has 2 saturated carbocycles. The van der Waals surface area contributed by atoms with Crippen LogP contribution >= 0.6 is 0 Å². The Kier molecular flexibility index (Phi) is 6.07. The zero-order chi connectivity index (χ0) is 20.2. The number of amides is 1. The molecule has 0 bridgehead atoms. The number of H-pyrrole nitrogens is 1. The quantitative estimate of drug-likeness (QED) is 0.737. The van der Waals surface area contributed by atoms with E-state index in [1.165, 1.54) is 31.0 Å². The zero-order valence-electron chi connectivity index (χ0n) is 16.6. The molecule has 1 atom stereocenters. The van der Waals surface area contributed by atoms with Gasteiger partial charge in [-0.05, 0) is 49.3 Å². The Balaban J connectivity index is 1.53. The summed E-state index contributed by atoms with van der Waals surface area (Å²) in [6, 6.07) is 7.34. The molecule has 154 valence electrons. The van der Waals surface area contributed by atoms with Crippen LogP contribution in [0.25, 0.3) is 0 Å². The number of benzene rings is 1. The summed E-state index contributed by atoms with van der Waals surface area (Å²) in [5, 5.41) is 3.11. The van der Waals surface area contributed by atoms with Crippen LogP contribution in [0.4, 0.5) is 4.39 Å². The van der Waals surface area contributed by atoms with Crippen LogP contribution in [0.1, 0.15) is 80.4 Å². The third-order valence-corrected chi connectivity index (χ3v) is 6.27.